The number of halogens is 1. The van der Waals surface area contributed by atoms with Crippen LogP contribution in [0.2, 0.25) is 0 Å². The number of benzene rings is 2. The molecule has 2 aromatic heterocycles. The van der Waals surface area contributed by atoms with E-state index in [2.05, 4.69) is 20.4 Å². The van der Waals surface area contributed by atoms with E-state index in [0.29, 0.717) is 11.5 Å². The number of methoxy groups -OCH3 is 1. The molecule has 29 heavy (non-hydrogen) atoms. The van der Waals surface area contributed by atoms with Crippen molar-refractivity contribution in [1.82, 2.24) is 19.7 Å². The van der Waals surface area contributed by atoms with Gasteiger partial charge in [-0.05, 0) is 12.1 Å². The number of hydrogen-bond donors (Lipinski definition) is 1. The molecule has 146 valence electrons. The number of anilines is 2. The lowest BCUT2D eigenvalue weighted by atomic mass is 10.1. The summed E-state index contributed by atoms with van der Waals surface area (Å²) in [6.07, 6.45) is 3.14. The molecule has 0 atom stereocenters. The zero-order valence-corrected chi connectivity index (χ0v) is 15.5. The summed E-state index contributed by atoms with van der Waals surface area (Å²) < 4.78 is 20.7. The second-order valence-electron chi connectivity index (χ2n) is 6.22. The van der Waals surface area contributed by atoms with Crippen molar-refractivity contribution in [3.05, 3.63) is 64.9 Å². The van der Waals surface area contributed by atoms with Crippen LogP contribution in [0.4, 0.5) is 21.6 Å². The van der Waals surface area contributed by atoms with Crippen molar-refractivity contribution in [2.24, 2.45) is 7.05 Å². The van der Waals surface area contributed by atoms with Gasteiger partial charge >= 0.3 is 5.69 Å². The average molecular weight is 394 g/mol. The molecule has 10 heteroatoms. The summed E-state index contributed by atoms with van der Waals surface area (Å²) in [5, 5.41) is 19.2. The Morgan fingerprint density at radius 1 is 1.21 bits per heavy atom. The number of ether oxygens (including phenoxy) is 1. The largest absolute Gasteiger partial charge is 0.494 e. The molecule has 0 aliphatic heterocycles. The van der Waals surface area contributed by atoms with E-state index < -0.39 is 16.4 Å². The molecule has 0 saturated carbocycles. The van der Waals surface area contributed by atoms with E-state index in [9.17, 15) is 14.5 Å². The maximum Gasteiger partial charge on any atom is 0.307 e. The zero-order chi connectivity index (χ0) is 20.5. The summed E-state index contributed by atoms with van der Waals surface area (Å²) in [5.41, 5.74) is 2.04. The second-order valence-corrected chi connectivity index (χ2v) is 6.22. The molecule has 1 N–H and O–H groups in total. The van der Waals surface area contributed by atoms with Gasteiger partial charge in [-0.2, -0.15) is 9.49 Å². The van der Waals surface area contributed by atoms with Crippen LogP contribution in [-0.2, 0) is 7.05 Å². The van der Waals surface area contributed by atoms with Gasteiger partial charge in [0.1, 0.15) is 17.9 Å². The summed E-state index contributed by atoms with van der Waals surface area (Å²) in [7, 11) is 3.21. The van der Waals surface area contributed by atoms with Crippen LogP contribution in [0.1, 0.15) is 0 Å². The molecule has 4 aromatic rings. The summed E-state index contributed by atoms with van der Waals surface area (Å²) in [5.74, 6) is -0.490. The SMILES string of the molecule is COc1cc(F)c([N+](=O)[O-])cc1Nc1cc(-c2ccc3c(cnn3C)c2)ncn1. The minimum atomic E-state index is -0.981. The predicted octanol–water partition coefficient (Wildman–Crippen LogP) is 3.83. The highest BCUT2D eigenvalue weighted by Gasteiger charge is 2.19. The van der Waals surface area contributed by atoms with E-state index in [4.69, 9.17) is 4.74 Å². The number of nitro groups is 1. The molecule has 0 saturated heterocycles. The van der Waals surface area contributed by atoms with Crippen molar-refractivity contribution in [2.45, 2.75) is 0 Å². The Kier molecular flexibility index (Phi) is 4.51. The molecule has 2 aromatic carbocycles. The van der Waals surface area contributed by atoms with Gasteiger partial charge in [-0.15, -0.1) is 0 Å². The normalized spacial score (nSPS) is 10.9. The Morgan fingerprint density at radius 3 is 2.79 bits per heavy atom. The first kappa shape index (κ1) is 18.3. The lowest BCUT2D eigenvalue weighted by Gasteiger charge is -2.11. The van der Waals surface area contributed by atoms with Crippen LogP contribution >= 0.6 is 0 Å². The topological polar surface area (TPSA) is 108 Å². The maximum absolute atomic E-state index is 13.8. The number of rotatable bonds is 5. The smallest absolute Gasteiger partial charge is 0.307 e. The number of fused-ring (bicyclic) bond motifs is 1. The van der Waals surface area contributed by atoms with E-state index in [1.807, 2.05) is 25.2 Å². The minimum Gasteiger partial charge on any atom is -0.494 e. The summed E-state index contributed by atoms with van der Waals surface area (Å²) in [6, 6.07) is 9.53. The lowest BCUT2D eigenvalue weighted by molar-refractivity contribution is -0.387. The van der Waals surface area contributed by atoms with Crippen molar-refractivity contribution in [1.29, 1.82) is 0 Å². The van der Waals surface area contributed by atoms with Crippen molar-refractivity contribution in [2.75, 3.05) is 12.4 Å². The average Bonchev–Trinajstić information content (AvgIpc) is 3.09. The fourth-order valence-corrected chi connectivity index (χ4v) is 2.99. The van der Waals surface area contributed by atoms with Crippen LogP contribution in [0.5, 0.6) is 5.75 Å². The van der Waals surface area contributed by atoms with Crippen LogP contribution in [-0.4, -0.2) is 31.8 Å². The first-order chi connectivity index (χ1) is 14.0. The van der Waals surface area contributed by atoms with Gasteiger partial charge < -0.3 is 10.1 Å². The summed E-state index contributed by atoms with van der Waals surface area (Å²) in [6.45, 7) is 0. The van der Waals surface area contributed by atoms with Crippen LogP contribution in [0.25, 0.3) is 22.2 Å². The number of nitro benzene ring substituents is 1. The van der Waals surface area contributed by atoms with Gasteiger partial charge in [0.25, 0.3) is 0 Å². The Bertz CT molecular complexity index is 1240. The fourth-order valence-electron chi connectivity index (χ4n) is 2.99. The molecule has 4 rings (SSSR count). The molecule has 0 bridgehead atoms. The maximum atomic E-state index is 13.8. The Morgan fingerprint density at radius 2 is 2.03 bits per heavy atom. The summed E-state index contributed by atoms with van der Waals surface area (Å²) in [4.78, 5) is 18.7. The Balaban J connectivity index is 1.70. The minimum absolute atomic E-state index is 0.116. The standard InChI is InChI=1S/C19H15FN6O3/c1-25-16-4-3-11(5-12(16)9-23-25)14-8-19(22-10-21-14)24-15-7-17(26(27)28)13(20)6-18(15)29-2/h3-10H,1-2H3,(H,21,22,24). The van der Waals surface area contributed by atoms with Crippen LogP contribution in [0.3, 0.4) is 0 Å². The number of nitrogens with one attached hydrogen (secondary N) is 1. The Labute approximate surface area is 163 Å². The van der Waals surface area contributed by atoms with Crippen molar-refractivity contribution >= 4 is 28.1 Å². The van der Waals surface area contributed by atoms with E-state index >= 15 is 0 Å². The second kappa shape index (κ2) is 7.15. The van der Waals surface area contributed by atoms with Gasteiger partial charge in [-0.1, -0.05) is 6.07 Å². The molecule has 0 radical (unpaired) electrons. The molecule has 2 heterocycles. The van der Waals surface area contributed by atoms with Gasteiger partial charge in [0.15, 0.2) is 0 Å². The van der Waals surface area contributed by atoms with Crippen LogP contribution in [0, 0.1) is 15.9 Å². The van der Waals surface area contributed by atoms with Gasteiger partial charge in [-0.25, -0.2) is 9.97 Å². The van der Waals surface area contributed by atoms with Gasteiger partial charge in [0, 0.05) is 36.2 Å². The summed E-state index contributed by atoms with van der Waals surface area (Å²) >= 11 is 0. The molecule has 0 aliphatic carbocycles. The number of aryl methyl sites for hydroxylation is 1. The zero-order valence-electron chi connectivity index (χ0n) is 15.5. The van der Waals surface area contributed by atoms with Crippen molar-refractivity contribution in [3.8, 4) is 17.0 Å². The molecule has 0 spiro atoms. The molecular formula is C19H15FN6O3. The molecular weight excluding hydrogens is 379 g/mol. The van der Waals surface area contributed by atoms with Gasteiger partial charge in [0.2, 0.25) is 5.82 Å². The quantitative estimate of drug-likeness (QED) is 0.405. The highest BCUT2D eigenvalue weighted by molar-refractivity contribution is 5.84. The number of nitrogens with zero attached hydrogens (tertiary/aromatic N) is 5. The lowest BCUT2D eigenvalue weighted by Crippen LogP contribution is -2.01. The van der Waals surface area contributed by atoms with E-state index in [1.54, 1.807) is 16.9 Å². The third-order valence-electron chi connectivity index (χ3n) is 4.44. The fraction of sp³-hybridized carbons (Fsp3) is 0.105. The van der Waals surface area contributed by atoms with E-state index in [0.717, 1.165) is 28.6 Å². The third-order valence-corrected chi connectivity index (χ3v) is 4.44. The number of hydrogen-bond acceptors (Lipinski definition) is 7. The highest BCUT2D eigenvalue weighted by atomic mass is 19.1. The monoisotopic (exact) mass is 394 g/mol. The predicted molar refractivity (Wildman–Crippen MR) is 105 cm³/mol. The van der Waals surface area contributed by atoms with Gasteiger partial charge in [-0.3, -0.25) is 14.8 Å². The van der Waals surface area contributed by atoms with Crippen molar-refractivity contribution < 1.29 is 14.1 Å². The van der Waals surface area contributed by atoms with E-state index in [1.165, 1.54) is 13.4 Å². The van der Waals surface area contributed by atoms with E-state index in [-0.39, 0.29) is 11.4 Å². The molecule has 9 nitrogen and oxygen atoms in total. The third kappa shape index (κ3) is 3.43. The molecule has 0 fully saturated rings. The van der Waals surface area contributed by atoms with Crippen LogP contribution < -0.4 is 10.1 Å². The van der Waals surface area contributed by atoms with Gasteiger partial charge in [0.05, 0.1) is 35.1 Å². The molecule has 0 unspecified atom stereocenters. The molecule has 0 amide bonds. The molecule has 0 aliphatic rings. The first-order valence-corrected chi connectivity index (χ1v) is 8.49. The van der Waals surface area contributed by atoms with Crippen LogP contribution in [0.15, 0.2) is 48.9 Å². The Hall–Kier alpha value is -4.08. The number of aromatic nitrogens is 4. The highest BCUT2D eigenvalue weighted by Crippen LogP contribution is 2.34. The first-order valence-electron chi connectivity index (χ1n) is 8.49. The van der Waals surface area contributed by atoms with Crippen molar-refractivity contribution in [3.63, 3.8) is 0 Å².